The molecule has 1 aliphatic heterocycles. The molecule has 1 heterocycles. The molecule has 0 unspecified atom stereocenters. The number of para-hydroxylation sites is 1. The first kappa shape index (κ1) is 19.8. The molecule has 0 amide bonds. The van der Waals surface area contributed by atoms with E-state index in [1.165, 1.54) is 12.1 Å². The van der Waals surface area contributed by atoms with E-state index >= 15 is 0 Å². The number of benzene rings is 3. The van der Waals surface area contributed by atoms with Crippen LogP contribution < -0.4 is 10.2 Å². The van der Waals surface area contributed by atoms with Gasteiger partial charge in [0.1, 0.15) is 0 Å². The maximum absolute atomic E-state index is 13.5. The zero-order valence-electron chi connectivity index (χ0n) is 26.9. The molecule has 3 aromatic rings. The van der Waals surface area contributed by atoms with Crippen molar-refractivity contribution >= 4 is 23.3 Å². The third kappa shape index (κ3) is 7.15. The third-order valence-electron chi connectivity index (χ3n) is 6.07. The molecule has 0 N–H and O–H groups in total. The molecular formula is C30H31N3NiO3. The number of hydrogen-bond donors (Lipinski definition) is 0. The average molecular weight is 547 g/mol. The number of nitrogens with zero attached hydrogens (tertiary/aromatic N) is 3. The van der Waals surface area contributed by atoms with Crippen LogP contribution in [-0.4, -0.2) is 41.1 Å². The zero-order valence-corrected chi connectivity index (χ0v) is 20.9. The number of aliphatic carboxylic acids is 1. The Bertz CT molecular complexity index is 1470. The molecule has 0 radical (unpaired) electrons. The van der Waals surface area contributed by atoms with Crippen molar-refractivity contribution in [2.24, 2.45) is 15.9 Å². The summed E-state index contributed by atoms with van der Waals surface area (Å²) >= 11 is 0. The number of hydrogen-bond acceptors (Lipinski definition) is 6. The van der Waals surface area contributed by atoms with E-state index in [9.17, 15) is 15.0 Å². The minimum absolute atomic E-state index is 0. The van der Waals surface area contributed by atoms with Gasteiger partial charge in [-0.3, -0.25) is 14.9 Å². The van der Waals surface area contributed by atoms with Gasteiger partial charge in [0.05, 0.1) is 23.4 Å². The van der Waals surface area contributed by atoms with E-state index in [4.69, 9.17) is 9.60 Å². The van der Waals surface area contributed by atoms with Gasteiger partial charge in [-0.1, -0.05) is 92.6 Å². The molecule has 0 aliphatic carbocycles. The van der Waals surface area contributed by atoms with Crippen LogP contribution in [0.25, 0.3) is 0 Å². The van der Waals surface area contributed by atoms with Crippen LogP contribution >= 0.6 is 0 Å². The summed E-state index contributed by atoms with van der Waals surface area (Å²) in [6.07, 6.45) is 1.41. The van der Waals surface area contributed by atoms with Crippen LogP contribution in [0.4, 0.5) is 5.69 Å². The smallest absolute Gasteiger partial charge is 0.861 e. The van der Waals surface area contributed by atoms with Gasteiger partial charge in [-0.05, 0) is 42.8 Å². The van der Waals surface area contributed by atoms with E-state index in [2.05, 4.69) is 9.98 Å². The Kier molecular flexibility index (Phi) is 7.12. The van der Waals surface area contributed by atoms with Crippen molar-refractivity contribution in [3.8, 4) is 0 Å². The van der Waals surface area contributed by atoms with Crippen LogP contribution in [0, 0.1) is 5.89 Å². The van der Waals surface area contributed by atoms with E-state index in [-0.39, 0.29) is 33.5 Å². The maximum atomic E-state index is 13.5. The molecule has 4 rings (SSSR count). The van der Waals surface area contributed by atoms with Crippen LogP contribution in [-0.2, 0) is 27.8 Å². The van der Waals surface area contributed by atoms with Gasteiger partial charge >= 0.3 is 16.5 Å². The van der Waals surface area contributed by atoms with E-state index in [1.54, 1.807) is 42.5 Å². The van der Waals surface area contributed by atoms with Crippen LogP contribution in [0.1, 0.15) is 52.8 Å². The zero-order chi connectivity index (χ0) is 31.4. The van der Waals surface area contributed by atoms with Crippen molar-refractivity contribution in [2.45, 2.75) is 45.2 Å². The van der Waals surface area contributed by atoms with E-state index in [0.717, 1.165) is 12.0 Å². The van der Waals surface area contributed by atoms with Gasteiger partial charge in [-0.15, -0.1) is 0 Å². The first-order valence-electron chi connectivity index (χ1n) is 15.2. The summed E-state index contributed by atoms with van der Waals surface area (Å²) in [7, 11) is 0. The number of likely N-dealkylation sites (tertiary alicyclic amines) is 1. The Morgan fingerprint density at radius 3 is 2.35 bits per heavy atom. The number of aliphatic imine (C=N–C) groups is 2. The summed E-state index contributed by atoms with van der Waals surface area (Å²) in [5, 5.41) is 25.9. The number of carboxylic acids is 1. The number of carboxylic acid groups (broad SMARTS) is 1. The molecule has 1 fully saturated rings. The maximum Gasteiger partial charge on any atom is 2.00 e. The Morgan fingerprint density at radius 1 is 1.03 bits per heavy atom. The fourth-order valence-corrected chi connectivity index (χ4v) is 4.34. The van der Waals surface area contributed by atoms with E-state index < -0.39 is 43.5 Å². The number of carbonyl (C=O) groups excluding carboxylic acids is 1. The van der Waals surface area contributed by atoms with Crippen molar-refractivity contribution < 1.29 is 41.1 Å². The van der Waals surface area contributed by atoms with Crippen molar-refractivity contribution in [1.29, 1.82) is 0 Å². The van der Waals surface area contributed by atoms with Gasteiger partial charge < -0.3 is 15.0 Å². The predicted octanol–water partition coefficient (Wildman–Crippen LogP) is 3.35. The van der Waals surface area contributed by atoms with Crippen LogP contribution in [0.5, 0.6) is 0 Å². The van der Waals surface area contributed by atoms with Crippen molar-refractivity contribution in [1.82, 2.24) is 4.90 Å². The summed E-state index contributed by atoms with van der Waals surface area (Å²) in [5.41, 5.74) is 1.52. The van der Waals surface area contributed by atoms with Gasteiger partial charge in [0.15, 0.2) is 0 Å². The molecule has 0 saturated carbocycles. The monoisotopic (exact) mass is 546 g/mol. The largest absolute Gasteiger partial charge is 2.00 e. The van der Waals surface area contributed by atoms with E-state index in [1.807, 2.05) is 35.2 Å². The summed E-state index contributed by atoms with van der Waals surface area (Å²) in [6, 6.07) is 21.0. The second kappa shape index (κ2) is 13.3. The molecule has 0 bridgehead atoms. The van der Waals surface area contributed by atoms with Gasteiger partial charge in [-0.25, -0.2) is 0 Å². The molecule has 1 saturated heterocycles. The minimum Gasteiger partial charge on any atom is -0.861 e. The normalized spacial score (nSPS) is 21.2. The molecular weight excluding hydrogens is 509 g/mol. The van der Waals surface area contributed by atoms with Crippen molar-refractivity contribution in [3.05, 3.63) is 102 Å². The molecule has 0 aromatic heterocycles. The van der Waals surface area contributed by atoms with Crippen molar-refractivity contribution in [2.75, 3.05) is 6.54 Å². The average Bonchev–Trinajstić information content (AvgIpc) is 3.41. The third-order valence-corrected chi connectivity index (χ3v) is 6.07. The fourth-order valence-electron chi connectivity index (χ4n) is 4.34. The van der Waals surface area contributed by atoms with Crippen LogP contribution in [0.3, 0.4) is 0 Å². The molecule has 37 heavy (non-hydrogen) atoms. The Morgan fingerprint density at radius 2 is 1.68 bits per heavy atom. The number of rotatable bonds is 9. The summed E-state index contributed by atoms with van der Waals surface area (Å²) in [4.78, 5) is 22.9. The standard InChI is InChI=1S/C30H33N3O3.Ni/c1-21(2)27(30(35)36)32-28(23-14-7-4-8-15-23)24-16-9-10-17-25(24)31-29(34)26-18-11-19-33(26)20-22-12-5-3-6-13-22;/h3-10,12-17,21,26-27H,11,18-20H2,1-2H3,(H,31,34)(H,35,36);/q;+2/p-2/t26-,27+;/m0./s1/i1D3,2D3,21D;. The SMILES string of the molecule is [2H]C([2H])([2H])C([2H])([C@@H](N=C(c1ccccc1)c1ccccc1N=C([O-])[C@@H]1CCCN1Cc1ccccc1)C(=O)[O-])C([2H])([2H])[2H].[Ni+2]. The van der Waals surface area contributed by atoms with Gasteiger partial charge in [0.2, 0.25) is 0 Å². The van der Waals surface area contributed by atoms with Crippen molar-refractivity contribution in [3.63, 3.8) is 0 Å². The molecule has 2 atom stereocenters. The molecule has 0 spiro atoms. The predicted molar refractivity (Wildman–Crippen MR) is 139 cm³/mol. The van der Waals surface area contributed by atoms with Gasteiger partial charge in [0.25, 0.3) is 0 Å². The quantitative estimate of drug-likeness (QED) is 0.234. The van der Waals surface area contributed by atoms with Gasteiger partial charge in [-0.2, -0.15) is 0 Å². The minimum atomic E-state index is -3.57. The van der Waals surface area contributed by atoms with Gasteiger partial charge in [0, 0.05) is 33.3 Å². The fraction of sp³-hybridized carbons (Fsp3) is 0.300. The Labute approximate surface area is 238 Å². The summed E-state index contributed by atoms with van der Waals surface area (Å²) < 4.78 is 55.3. The van der Waals surface area contributed by atoms with E-state index in [0.29, 0.717) is 25.1 Å². The number of carbonyl (C=O) groups is 1. The summed E-state index contributed by atoms with van der Waals surface area (Å²) in [5.74, 6) is -6.09. The topological polar surface area (TPSA) is 91.2 Å². The molecule has 6 nitrogen and oxygen atoms in total. The molecule has 1 aliphatic rings. The molecule has 3 aromatic carbocycles. The first-order valence-corrected chi connectivity index (χ1v) is 11.7. The Hall–Kier alpha value is -3.28. The first-order chi connectivity index (χ1) is 20.2. The summed E-state index contributed by atoms with van der Waals surface area (Å²) in [6.45, 7) is -5.87. The second-order valence-corrected chi connectivity index (χ2v) is 8.56. The Balaban J connectivity index is 0.00000529. The second-order valence-electron chi connectivity index (χ2n) is 8.56. The molecule has 7 heteroatoms. The van der Waals surface area contributed by atoms with Crippen LogP contribution in [0.2, 0.25) is 0 Å². The molecule has 194 valence electrons. The van der Waals surface area contributed by atoms with Crippen LogP contribution in [0.15, 0.2) is 94.9 Å².